The van der Waals surface area contributed by atoms with E-state index >= 15 is 0 Å². The number of aromatic nitrogens is 3. The first kappa shape index (κ1) is 10.6. The van der Waals surface area contributed by atoms with E-state index in [1.54, 1.807) is 4.68 Å². The van der Waals surface area contributed by atoms with Crippen LogP contribution in [0.2, 0.25) is 0 Å². The van der Waals surface area contributed by atoms with E-state index in [1.165, 1.54) is 0 Å². The van der Waals surface area contributed by atoms with Gasteiger partial charge in [0.1, 0.15) is 5.52 Å². The highest BCUT2D eigenvalue weighted by Crippen LogP contribution is 2.18. The summed E-state index contributed by atoms with van der Waals surface area (Å²) in [6, 6.07) is 5.63. The lowest BCUT2D eigenvalue weighted by molar-refractivity contribution is -0.137. The topological polar surface area (TPSA) is 68.0 Å². The van der Waals surface area contributed by atoms with Crippen LogP contribution in [0.15, 0.2) is 18.2 Å². The van der Waals surface area contributed by atoms with Crippen molar-refractivity contribution in [1.82, 2.24) is 15.0 Å². The Morgan fingerprint density at radius 3 is 3.00 bits per heavy atom. The number of rotatable bonds is 3. The van der Waals surface area contributed by atoms with E-state index < -0.39 is 5.97 Å². The Balaban J connectivity index is 2.44. The van der Waals surface area contributed by atoms with Crippen molar-refractivity contribution < 1.29 is 9.90 Å². The Bertz CT molecular complexity index is 533. The second-order valence-electron chi connectivity index (χ2n) is 3.97. The molecule has 0 aliphatic rings. The molecule has 2 rings (SSSR count). The number of aryl methyl sites for hydroxylation is 1. The predicted molar refractivity (Wildman–Crippen MR) is 59.2 cm³/mol. The number of nitrogens with zero attached hydrogens (tertiary/aromatic N) is 3. The zero-order valence-corrected chi connectivity index (χ0v) is 9.21. The van der Waals surface area contributed by atoms with Crippen molar-refractivity contribution in [2.45, 2.75) is 26.3 Å². The normalized spacial score (nSPS) is 12.9. The summed E-state index contributed by atoms with van der Waals surface area (Å²) in [5.41, 5.74) is 2.79. The van der Waals surface area contributed by atoms with Gasteiger partial charge in [0.15, 0.2) is 0 Å². The highest BCUT2D eigenvalue weighted by Gasteiger charge is 2.14. The Hall–Kier alpha value is -1.91. The number of benzene rings is 1. The standard InChI is InChI=1S/C11H13N3O2/c1-7-3-4-9-10(5-7)14(13-12-9)8(2)6-11(15)16/h3-5,8H,6H2,1-2H3,(H,15,16). The Morgan fingerprint density at radius 2 is 2.31 bits per heavy atom. The second kappa shape index (κ2) is 3.92. The molecule has 0 amide bonds. The van der Waals surface area contributed by atoms with Crippen LogP contribution in [0, 0.1) is 6.92 Å². The van der Waals surface area contributed by atoms with Gasteiger partial charge in [-0.1, -0.05) is 11.3 Å². The van der Waals surface area contributed by atoms with Crippen LogP contribution in [0.1, 0.15) is 24.9 Å². The van der Waals surface area contributed by atoms with Crippen LogP contribution in [-0.4, -0.2) is 26.1 Å². The van der Waals surface area contributed by atoms with Crippen LogP contribution in [-0.2, 0) is 4.79 Å². The van der Waals surface area contributed by atoms with Crippen LogP contribution in [0.5, 0.6) is 0 Å². The molecule has 1 atom stereocenters. The third-order valence-electron chi connectivity index (χ3n) is 2.51. The molecular formula is C11H13N3O2. The van der Waals surface area contributed by atoms with Crippen LogP contribution in [0.25, 0.3) is 11.0 Å². The summed E-state index contributed by atoms with van der Waals surface area (Å²) >= 11 is 0. The molecule has 0 radical (unpaired) electrons. The molecule has 5 heteroatoms. The maximum Gasteiger partial charge on any atom is 0.305 e. The van der Waals surface area contributed by atoms with Crippen molar-refractivity contribution in [3.8, 4) is 0 Å². The van der Waals surface area contributed by atoms with Crippen LogP contribution in [0.3, 0.4) is 0 Å². The molecule has 1 N–H and O–H groups in total. The van der Waals surface area contributed by atoms with Crippen LogP contribution in [0.4, 0.5) is 0 Å². The molecular weight excluding hydrogens is 206 g/mol. The summed E-state index contributed by atoms with van der Waals surface area (Å²) in [7, 11) is 0. The van der Waals surface area contributed by atoms with Crippen LogP contribution < -0.4 is 0 Å². The first-order valence-electron chi connectivity index (χ1n) is 5.11. The van der Waals surface area contributed by atoms with Gasteiger partial charge in [0.25, 0.3) is 0 Å². The molecule has 16 heavy (non-hydrogen) atoms. The lowest BCUT2D eigenvalue weighted by atomic mass is 10.2. The van der Waals surface area contributed by atoms with Gasteiger partial charge in [0.05, 0.1) is 18.0 Å². The summed E-state index contributed by atoms with van der Waals surface area (Å²) in [4.78, 5) is 10.6. The monoisotopic (exact) mass is 219 g/mol. The highest BCUT2D eigenvalue weighted by atomic mass is 16.4. The second-order valence-corrected chi connectivity index (χ2v) is 3.97. The number of carbonyl (C=O) groups is 1. The van der Waals surface area contributed by atoms with Gasteiger partial charge in [-0.15, -0.1) is 5.10 Å². The minimum absolute atomic E-state index is 0.0480. The maximum absolute atomic E-state index is 10.6. The number of hydrogen-bond acceptors (Lipinski definition) is 3. The molecule has 1 heterocycles. The molecule has 0 saturated carbocycles. The number of carboxylic acids is 1. The van der Waals surface area contributed by atoms with Crippen molar-refractivity contribution in [2.24, 2.45) is 0 Å². The SMILES string of the molecule is Cc1ccc2nnn(C(C)CC(=O)O)c2c1. The third kappa shape index (κ3) is 1.88. The number of fused-ring (bicyclic) bond motifs is 1. The first-order valence-corrected chi connectivity index (χ1v) is 5.11. The minimum atomic E-state index is -0.830. The lowest BCUT2D eigenvalue weighted by Gasteiger charge is -2.09. The zero-order chi connectivity index (χ0) is 11.7. The maximum atomic E-state index is 10.6. The molecule has 0 bridgehead atoms. The Morgan fingerprint density at radius 1 is 1.56 bits per heavy atom. The van der Waals surface area contributed by atoms with Gasteiger partial charge < -0.3 is 5.11 Å². The minimum Gasteiger partial charge on any atom is -0.481 e. The van der Waals surface area contributed by atoms with Gasteiger partial charge in [-0.05, 0) is 31.5 Å². The van der Waals surface area contributed by atoms with Crippen molar-refractivity contribution in [3.63, 3.8) is 0 Å². The van der Waals surface area contributed by atoms with Gasteiger partial charge in [-0.25, -0.2) is 4.68 Å². The van der Waals surface area contributed by atoms with E-state index in [2.05, 4.69) is 10.3 Å². The van der Waals surface area contributed by atoms with E-state index in [4.69, 9.17) is 5.11 Å². The zero-order valence-electron chi connectivity index (χ0n) is 9.21. The molecule has 0 fully saturated rings. The van der Waals surface area contributed by atoms with Gasteiger partial charge in [-0.2, -0.15) is 0 Å². The fraction of sp³-hybridized carbons (Fsp3) is 0.364. The number of hydrogen-bond donors (Lipinski definition) is 1. The van der Waals surface area contributed by atoms with Crippen molar-refractivity contribution in [2.75, 3.05) is 0 Å². The molecule has 0 saturated heterocycles. The van der Waals surface area contributed by atoms with Gasteiger partial charge >= 0.3 is 5.97 Å². The van der Waals surface area contributed by atoms with E-state index in [9.17, 15) is 4.79 Å². The molecule has 0 spiro atoms. The molecule has 2 aromatic rings. The molecule has 1 aromatic heterocycles. The van der Waals surface area contributed by atoms with Gasteiger partial charge in [0, 0.05) is 0 Å². The largest absolute Gasteiger partial charge is 0.481 e. The smallest absolute Gasteiger partial charge is 0.305 e. The Labute approximate surface area is 92.7 Å². The highest BCUT2D eigenvalue weighted by molar-refractivity contribution is 5.75. The molecule has 0 aliphatic carbocycles. The van der Waals surface area contributed by atoms with E-state index in [1.807, 2.05) is 32.0 Å². The van der Waals surface area contributed by atoms with E-state index in [0.717, 1.165) is 16.6 Å². The molecule has 1 unspecified atom stereocenters. The summed E-state index contributed by atoms with van der Waals surface area (Å²) in [5.74, 6) is -0.830. The predicted octanol–water partition coefficient (Wildman–Crippen LogP) is 1.78. The van der Waals surface area contributed by atoms with E-state index in [-0.39, 0.29) is 12.5 Å². The first-order chi connectivity index (χ1) is 7.58. The average Bonchev–Trinajstić information content (AvgIpc) is 2.59. The molecule has 84 valence electrons. The van der Waals surface area contributed by atoms with Gasteiger partial charge in [-0.3, -0.25) is 4.79 Å². The van der Waals surface area contributed by atoms with Gasteiger partial charge in [0.2, 0.25) is 0 Å². The number of aliphatic carboxylic acids is 1. The van der Waals surface area contributed by atoms with Crippen molar-refractivity contribution >= 4 is 17.0 Å². The fourth-order valence-electron chi connectivity index (χ4n) is 1.71. The summed E-state index contributed by atoms with van der Waals surface area (Å²) < 4.78 is 1.66. The lowest BCUT2D eigenvalue weighted by Crippen LogP contribution is -2.11. The molecule has 0 aliphatic heterocycles. The third-order valence-corrected chi connectivity index (χ3v) is 2.51. The molecule has 1 aromatic carbocycles. The van der Waals surface area contributed by atoms with Crippen LogP contribution >= 0.6 is 0 Å². The summed E-state index contributed by atoms with van der Waals surface area (Å²) in [5, 5.41) is 16.7. The summed E-state index contributed by atoms with van der Waals surface area (Å²) in [6.07, 6.45) is 0.0480. The molecule has 5 nitrogen and oxygen atoms in total. The van der Waals surface area contributed by atoms with Crippen molar-refractivity contribution in [1.29, 1.82) is 0 Å². The van der Waals surface area contributed by atoms with Crippen molar-refractivity contribution in [3.05, 3.63) is 23.8 Å². The van der Waals surface area contributed by atoms with E-state index in [0.29, 0.717) is 0 Å². The quantitative estimate of drug-likeness (QED) is 0.854. The fourth-order valence-corrected chi connectivity index (χ4v) is 1.71. The number of carboxylic acid groups (broad SMARTS) is 1. The average molecular weight is 219 g/mol. The Kier molecular flexibility index (Phi) is 2.60. The summed E-state index contributed by atoms with van der Waals surface area (Å²) in [6.45, 7) is 3.81.